The van der Waals surface area contributed by atoms with E-state index in [1.165, 1.54) is 29.2 Å². The molecule has 2 rings (SSSR count). The van der Waals surface area contributed by atoms with Crippen molar-refractivity contribution in [2.45, 2.75) is 32.2 Å². The fourth-order valence-electron chi connectivity index (χ4n) is 2.64. The first-order valence-electron chi connectivity index (χ1n) is 7.04. The zero-order valence-corrected chi connectivity index (χ0v) is 12.0. The lowest BCUT2D eigenvalue weighted by molar-refractivity contribution is -0.135. The maximum Gasteiger partial charge on any atom is 0.323 e. The predicted octanol–water partition coefficient (Wildman–Crippen LogP) is 2.18. The van der Waals surface area contributed by atoms with E-state index in [-0.39, 0.29) is 11.8 Å². The number of carbonyl (C=O) groups excluding carboxylic acids is 1. The summed E-state index contributed by atoms with van der Waals surface area (Å²) in [6, 6.07) is 5.58. The molecule has 0 heterocycles. The van der Waals surface area contributed by atoms with E-state index in [2.05, 4.69) is 12.2 Å². The molecule has 1 aliphatic rings. The van der Waals surface area contributed by atoms with E-state index in [1.807, 2.05) is 0 Å². The third kappa shape index (κ3) is 4.11. The van der Waals surface area contributed by atoms with Crippen molar-refractivity contribution in [1.29, 1.82) is 0 Å². The number of phenolic OH excluding ortho intramolecular Hbond substituents is 1. The highest BCUT2D eigenvalue weighted by molar-refractivity contribution is 5.96. The Hall–Kier alpha value is -2.24. The Labute approximate surface area is 123 Å². The number of anilines is 1. The van der Waals surface area contributed by atoms with Crippen molar-refractivity contribution < 1.29 is 19.8 Å². The SMILES string of the molecule is CC1CCC(NC(=O)N(CC(=O)O)c2ccc(O)cc2)C1. The molecule has 2 amide bonds. The molecule has 0 bridgehead atoms. The van der Waals surface area contributed by atoms with Gasteiger partial charge in [-0.15, -0.1) is 0 Å². The number of urea groups is 1. The number of rotatable bonds is 4. The molecule has 0 radical (unpaired) electrons. The number of phenols is 1. The number of carboxylic acid groups (broad SMARTS) is 1. The second-order valence-electron chi connectivity index (χ2n) is 5.56. The van der Waals surface area contributed by atoms with E-state index < -0.39 is 18.5 Å². The van der Waals surface area contributed by atoms with Gasteiger partial charge in [0, 0.05) is 11.7 Å². The Bertz CT molecular complexity index is 515. The van der Waals surface area contributed by atoms with Crippen LogP contribution in [-0.4, -0.2) is 34.8 Å². The Morgan fingerprint density at radius 1 is 1.29 bits per heavy atom. The van der Waals surface area contributed by atoms with Crippen molar-refractivity contribution in [3.05, 3.63) is 24.3 Å². The van der Waals surface area contributed by atoms with Gasteiger partial charge in [-0.1, -0.05) is 6.92 Å². The van der Waals surface area contributed by atoms with Crippen LogP contribution in [-0.2, 0) is 4.79 Å². The van der Waals surface area contributed by atoms with E-state index in [4.69, 9.17) is 5.11 Å². The highest BCUT2D eigenvalue weighted by Crippen LogP contribution is 2.25. The van der Waals surface area contributed by atoms with Gasteiger partial charge in [-0.25, -0.2) is 4.79 Å². The fraction of sp³-hybridized carbons (Fsp3) is 0.467. The minimum absolute atomic E-state index is 0.0686. The standard InChI is InChI=1S/C15H20N2O4/c1-10-2-3-11(8-10)16-15(21)17(9-14(19)20)12-4-6-13(18)7-5-12/h4-7,10-11,18H,2-3,8-9H2,1H3,(H,16,21)(H,19,20). The smallest absolute Gasteiger partial charge is 0.323 e. The third-order valence-electron chi connectivity index (χ3n) is 3.72. The summed E-state index contributed by atoms with van der Waals surface area (Å²) in [6.45, 7) is 1.72. The number of hydrogen-bond donors (Lipinski definition) is 3. The first-order valence-corrected chi connectivity index (χ1v) is 7.04. The van der Waals surface area contributed by atoms with Crippen molar-refractivity contribution in [2.24, 2.45) is 5.92 Å². The van der Waals surface area contributed by atoms with E-state index >= 15 is 0 Å². The summed E-state index contributed by atoms with van der Waals surface area (Å²) in [6.07, 6.45) is 2.91. The molecule has 1 aromatic rings. The predicted molar refractivity (Wildman–Crippen MR) is 78.4 cm³/mol. The summed E-state index contributed by atoms with van der Waals surface area (Å²) in [4.78, 5) is 24.5. The second kappa shape index (κ2) is 6.47. The first-order chi connectivity index (χ1) is 9.95. The topological polar surface area (TPSA) is 89.9 Å². The summed E-state index contributed by atoms with van der Waals surface area (Å²) >= 11 is 0. The van der Waals surface area contributed by atoms with Crippen LogP contribution in [0.15, 0.2) is 24.3 Å². The molecule has 0 spiro atoms. The first kappa shape index (κ1) is 15.2. The molecule has 1 aromatic carbocycles. The number of hydrogen-bond acceptors (Lipinski definition) is 3. The van der Waals surface area contributed by atoms with Gasteiger partial charge in [0.2, 0.25) is 0 Å². The maximum atomic E-state index is 12.3. The lowest BCUT2D eigenvalue weighted by Crippen LogP contribution is -2.46. The van der Waals surface area contributed by atoms with Crippen LogP contribution in [0.3, 0.4) is 0 Å². The van der Waals surface area contributed by atoms with E-state index in [1.54, 1.807) is 0 Å². The Morgan fingerprint density at radius 3 is 2.48 bits per heavy atom. The highest BCUT2D eigenvalue weighted by atomic mass is 16.4. The van der Waals surface area contributed by atoms with Crippen LogP contribution >= 0.6 is 0 Å². The maximum absolute atomic E-state index is 12.3. The van der Waals surface area contributed by atoms with E-state index in [9.17, 15) is 14.7 Å². The molecular formula is C15H20N2O4. The number of aromatic hydroxyl groups is 1. The molecule has 114 valence electrons. The molecule has 1 aliphatic carbocycles. The van der Waals surface area contributed by atoms with Crippen molar-refractivity contribution in [1.82, 2.24) is 5.32 Å². The van der Waals surface area contributed by atoms with Gasteiger partial charge in [0.05, 0.1) is 0 Å². The minimum Gasteiger partial charge on any atom is -0.508 e. The van der Waals surface area contributed by atoms with Crippen molar-refractivity contribution in [3.8, 4) is 5.75 Å². The molecule has 0 aliphatic heterocycles. The van der Waals surface area contributed by atoms with Crippen LogP contribution < -0.4 is 10.2 Å². The third-order valence-corrected chi connectivity index (χ3v) is 3.72. The molecule has 6 nitrogen and oxygen atoms in total. The van der Waals surface area contributed by atoms with Crippen LogP contribution in [0.2, 0.25) is 0 Å². The van der Waals surface area contributed by atoms with Gasteiger partial charge in [0.25, 0.3) is 0 Å². The summed E-state index contributed by atoms with van der Waals surface area (Å²) in [5, 5.41) is 21.2. The Kier molecular flexibility index (Phi) is 4.67. The molecule has 1 saturated carbocycles. The zero-order valence-electron chi connectivity index (χ0n) is 12.0. The largest absolute Gasteiger partial charge is 0.508 e. The van der Waals surface area contributed by atoms with Gasteiger partial charge in [-0.2, -0.15) is 0 Å². The van der Waals surface area contributed by atoms with Gasteiger partial charge in [0.15, 0.2) is 0 Å². The minimum atomic E-state index is -1.09. The number of nitrogens with zero attached hydrogens (tertiary/aromatic N) is 1. The van der Waals surface area contributed by atoms with Gasteiger partial charge in [-0.3, -0.25) is 9.69 Å². The molecule has 2 atom stereocenters. The van der Waals surface area contributed by atoms with Crippen molar-refractivity contribution in [3.63, 3.8) is 0 Å². The average molecular weight is 292 g/mol. The number of benzene rings is 1. The monoisotopic (exact) mass is 292 g/mol. The summed E-state index contributed by atoms with van der Waals surface area (Å²) in [5.74, 6) is -0.436. The molecule has 21 heavy (non-hydrogen) atoms. The van der Waals surface area contributed by atoms with Crippen molar-refractivity contribution >= 4 is 17.7 Å². The zero-order chi connectivity index (χ0) is 15.4. The van der Waals surface area contributed by atoms with Crippen LogP contribution in [0.5, 0.6) is 5.75 Å². The molecule has 3 N–H and O–H groups in total. The lowest BCUT2D eigenvalue weighted by atomic mass is 10.1. The normalized spacial score (nSPS) is 21.0. The van der Waals surface area contributed by atoms with E-state index in [0.717, 1.165) is 19.3 Å². The van der Waals surface area contributed by atoms with E-state index in [0.29, 0.717) is 11.6 Å². The summed E-state index contributed by atoms with van der Waals surface area (Å²) < 4.78 is 0. The highest BCUT2D eigenvalue weighted by Gasteiger charge is 2.26. The van der Waals surface area contributed by atoms with Gasteiger partial charge in [-0.05, 0) is 49.4 Å². The van der Waals surface area contributed by atoms with Crippen LogP contribution in [0.1, 0.15) is 26.2 Å². The van der Waals surface area contributed by atoms with Crippen LogP contribution in [0.25, 0.3) is 0 Å². The summed E-state index contributed by atoms with van der Waals surface area (Å²) in [5.41, 5.74) is 0.443. The number of carbonyl (C=O) groups is 2. The number of carboxylic acids is 1. The lowest BCUT2D eigenvalue weighted by Gasteiger charge is -2.23. The Balaban J connectivity index is 2.09. The average Bonchev–Trinajstić information content (AvgIpc) is 2.82. The number of amides is 2. The van der Waals surface area contributed by atoms with Gasteiger partial charge >= 0.3 is 12.0 Å². The second-order valence-corrected chi connectivity index (χ2v) is 5.56. The summed E-state index contributed by atoms with van der Waals surface area (Å²) in [7, 11) is 0. The molecule has 6 heteroatoms. The molecular weight excluding hydrogens is 272 g/mol. The van der Waals surface area contributed by atoms with Crippen molar-refractivity contribution in [2.75, 3.05) is 11.4 Å². The van der Waals surface area contributed by atoms with Gasteiger partial charge in [0.1, 0.15) is 12.3 Å². The molecule has 1 fully saturated rings. The molecule has 2 unspecified atom stereocenters. The van der Waals surface area contributed by atoms with Crippen LogP contribution in [0.4, 0.5) is 10.5 Å². The quantitative estimate of drug-likeness (QED) is 0.793. The molecule has 0 aromatic heterocycles. The number of nitrogens with one attached hydrogen (secondary N) is 1. The van der Waals surface area contributed by atoms with Crippen LogP contribution in [0, 0.1) is 5.92 Å². The fourth-order valence-corrected chi connectivity index (χ4v) is 2.64. The Morgan fingerprint density at radius 2 is 1.95 bits per heavy atom. The molecule has 0 saturated heterocycles. The number of aliphatic carboxylic acids is 1. The van der Waals surface area contributed by atoms with Gasteiger partial charge < -0.3 is 15.5 Å².